The van der Waals surface area contributed by atoms with Gasteiger partial charge in [0.05, 0.1) is 11.3 Å². The van der Waals surface area contributed by atoms with Gasteiger partial charge >= 0.3 is 6.18 Å². The summed E-state index contributed by atoms with van der Waals surface area (Å²) in [6.07, 6.45) is -0.465. The second-order valence-corrected chi connectivity index (χ2v) is 5.39. The summed E-state index contributed by atoms with van der Waals surface area (Å²) in [5.41, 5.74) is 4.71. The van der Waals surface area contributed by atoms with Crippen LogP contribution < -0.4 is 10.9 Å². The van der Waals surface area contributed by atoms with Gasteiger partial charge in [0.2, 0.25) is 5.91 Å². The Bertz CT molecular complexity index is 703. The number of para-hydroxylation sites is 1. The van der Waals surface area contributed by atoms with Gasteiger partial charge in [-0.15, -0.1) is 0 Å². The molecule has 7 heteroatoms. The van der Waals surface area contributed by atoms with Gasteiger partial charge in [0.25, 0.3) is 0 Å². The quantitative estimate of drug-likeness (QED) is 0.849. The van der Waals surface area contributed by atoms with Crippen molar-refractivity contribution in [3.63, 3.8) is 0 Å². The van der Waals surface area contributed by atoms with Gasteiger partial charge in [-0.1, -0.05) is 18.2 Å². The van der Waals surface area contributed by atoms with Crippen LogP contribution in [0.3, 0.4) is 0 Å². The second kappa shape index (κ2) is 5.91. The fourth-order valence-corrected chi connectivity index (χ4v) is 2.51. The van der Waals surface area contributed by atoms with Crippen LogP contribution in [-0.4, -0.2) is 10.9 Å². The maximum Gasteiger partial charge on any atom is 0.418 e. The van der Waals surface area contributed by atoms with E-state index in [1.54, 1.807) is 18.5 Å². The van der Waals surface area contributed by atoms with E-state index in [2.05, 4.69) is 15.8 Å². The SMILES string of the molecule is O=C(NNc1ccccc1C(F)(F)F)[C@H]1C[C@@H]1c1cccnc1. The molecule has 0 bridgehead atoms. The molecule has 0 unspecified atom stereocenters. The largest absolute Gasteiger partial charge is 0.418 e. The molecule has 1 aliphatic rings. The lowest BCUT2D eigenvalue weighted by atomic mass is 10.1. The Kier molecular flexibility index (Phi) is 3.94. The number of amides is 1. The number of pyridine rings is 1. The third-order valence-electron chi connectivity index (χ3n) is 3.79. The van der Waals surface area contributed by atoms with Crippen molar-refractivity contribution in [2.45, 2.75) is 18.5 Å². The lowest BCUT2D eigenvalue weighted by Gasteiger charge is -2.14. The standard InChI is InChI=1S/C16H14F3N3O/c17-16(18,19)13-5-1-2-6-14(13)21-22-15(23)12-8-11(12)10-4-3-7-20-9-10/h1-7,9,11-12,21H,8H2,(H,22,23)/t11-,12+/m1/s1. The lowest BCUT2D eigenvalue weighted by molar-refractivity contribution is -0.137. The smallest absolute Gasteiger partial charge is 0.298 e. The molecule has 1 heterocycles. The van der Waals surface area contributed by atoms with Crippen LogP contribution in [0.1, 0.15) is 23.5 Å². The molecule has 1 aliphatic carbocycles. The van der Waals surface area contributed by atoms with Crippen LogP contribution in [0, 0.1) is 5.92 Å². The van der Waals surface area contributed by atoms with E-state index in [1.165, 1.54) is 18.2 Å². The molecule has 1 fully saturated rings. The van der Waals surface area contributed by atoms with Crippen LogP contribution in [0.2, 0.25) is 0 Å². The number of benzene rings is 1. The van der Waals surface area contributed by atoms with Crippen molar-refractivity contribution in [2.75, 3.05) is 5.43 Å². The zero-order valence-corrected chi connectivity index (χ0v) is 12.0. The zero-order valence-electron chi connectivity index (χ0n) is 12.0. The molecule has 3 rings (SSSR count). The number of carbonyl (C=O) groups is 1. The highest BCUT2D eigenvalue weighted by Crippen LogP contribution is 2.47. The summed E-state index contributed by atoms with van der Waals surface area (Å²) in [5.74, 6) is -0.496. The van der Waals surface area contributed by atoms with Gasteiger partial charge < -0.3 is 0 Å². The molecule has 2 aromatic rings. The molecular weight excluding hydrogens is 307 g/mol. The first-order valence-corrected chi connectivity index (χ1v) is 7.09. The van der Waals surface area contributed by atoms with Gasteiger partial charge in [-0.2, -0.15) is 13.2 Å². The molecular formula is C16H14F3N3O. The first-order chi connectivity index (χ1) is 11.0. The summed E-state index contributed by atoms with van der Waals surface area (Å²) in [7, 11) is 0. The van der Waals surface area contributed by atoms with Crippen molar-refractivity contribution in [1.29, 1.82) is 0 Å². The van der Waals surface area contributed by atoms with Crippen molar-refractivity contribution in [3.8, 4) is 0 Å². The van der Waals surface area contributed by atoms with E-state index in [-0.39, 0.29) is 23.4 Å². The van der Waals surface area contributed by atoms with E-state index in [4.69, 9.17) is 0 Å². The fourth-order valence-electron chi connectivity index (χ4n) is 2.51. The van der Waals surface area contributed by atoms with Crippen LogP contribution in [0.4, 0.5) is 18.9 Å². The number of hydrogen-bond acceptors (Lipinski definition) is 3. The number of hydrazine groups is 1. The van der Waals surface area contributed by atoms with Crippen LogP contribution in [0.15, 0.2) is 48.8 Å². The Hall–Kier alpha value is -2.57. The highest BCUT2D eigenvalue weighted by molar-refractivity contribution is 5.84. The monoisotopic (exact) mass is 321 g/mol. The molecule has 1 amide bonds. The van der Waals surface area contributed by atoms with E-state index in [0.29, 0.717) is 6.42 Å². The van der Waals surface area contributed by atoms with Crippen LogP contribution in [0.25, 0.3) is 0 Å². The molecule has 2 N–H and O–H groups in total. The number of anilines is 1. The molecule has 0 radical (unpaired) electrons. The summed E-state index contributed by atoms with van der Waals surface area (Å²) in [4.78, 5) is 16.0. The molecule has 0 aliphatic heterocycles. The van der Waals surface area contributed by atoms with Crippen LogP contribution >= 0.6 is 0 Å². The van der Waals surface area contributed by atoms with Crippen molar-refractivity contribution >= 4 is 11.6 Å². The number of rotatable bonds is 4. The Morgan fingerprint density at radius 3 is 2.65 bits per heavy atom. The van der Waals surface area contributed by atoms with Crippen molar-refractivity contribution in [2.24, 2.45) is 5.92 Å². The molecule has 23 heavy (non-hydrogen) atoms. The van der Waals surface area contributed by atoms with Gasteiger partial charge in [0.1, 0.15) is 0 Å². The summed E-state index contributed by atoms with van der Waals surface area (Å²) in [5, 5.41) is 0. The number of hydrogen-bond donors (Lipinski definition) is 2. The van der Waals surface area contributed by atoms with E-state index >= 15 is 0 Å². The van der Waals surface area contributed by atoms with E-state index in [9.17, 15) is 18.0 Å². The topological polar surface area (TPSA) is 54.0 Å². The van der Waals surface area contributed by atoms with E-state index in [1.807, 2.05) is 6.07 Å². The molecule has 0 saturated heterocycles. The number of aromatic nitrogens is 1. The van der Waals surface area contributed by atoms with Crippen LogP contribution in [0.5, 0.6) is 0 Å². The third kappa shape index (κ3) is 3.44. The van der Waals surface area contributed by atoms with E-state index in [0.717, 1.165) is 11.6 Å². The van der Waals surface area contributed by atoms with Gasteiger partial charge in [-0.25, -0.2) is 0 Å². The van der Waals surface area contributed by atoms with Gasteiger partial charge in [-0.3, -0.25) is 20.6 Å². The second-order valence-electron chi connectivity index (χ2n) is 5.39. The molecule has 1 aromatic carbocycles. The summed E-state index contributed by atoms with van der Waals surface area (Å²) < 4.78 is 38.6. The number of halogens is 3. The molecule has 4 nitrogen and oxygen atoms in total. The highest BCUT2D eigenvalue weighted by atomic mass is 19.4. The minimum Gasteiger partial charge on any atom is -0.298 e. The summed E-state index contributed by atoms with van der Waals surface area (Å²) in [6.45, 7) is 0. The number of carbonyl (C=O) groups excluding carboxylic acids is 1. The Morgan fingerprint density at radius 1 is 1.17 bits per heavy atom. The van der Waals surface area contributed by atoms with Crippen LogP contribution in [-0.2, 0) is 11.0 Å². The average Bonchev–Trinajstić information content (AvgIpc) is 3.33. The van der Waals surface area contributed by atoms with Gasteiger partial charge in [-0.05, 0) is 36.1 Å². The maximum atomic E-state index is 12.9. The molecule has 1 saturated carbocycles. The minimum atomic E-state index is -4.48. The predicted molar refractivity (Wildman–Crippen MR) is 78.3 cm³/mol. The molecule has 2 atom stereocenters. The molecule has 1 aromatic heterocycles. The summed E-state index contributed by atoms with van der Waals surface area (Å²) >= 11 is 0. The molecule has 0 spiro atoms. The maximum absolute atomic E-state index is 12.9. The van der Waals surface area contributed by atoms with Gasteiger partial charge in [0.15, 0.2) is 0 Å². The van der Waals surface area contributed by atoms with E-state index < -0.39 is 11.7 Å². The first-order valence-electron chi connectivity index (χ1n) is 7.09. The highest BCUT2D eigenvalue weighted by Gasteiger charge is 2.44. The average molecular weight is 321 g/mol. The number of nitrogens with one attached hydrogen (secondary N) is 2. The fraction of sp³-hybridized carbons (Fsp3) is 0.250. The third-order valence-corrected chi connectivity index (χ3v) is 3.79. The van der Waals surface area contributed by atoms with Crippen molar-refractivity contribution < 1.29 is 18.0 Å². The van der Waals surface area contributed by atoms with Gasteiger partial charge in [0, 0.05) is 18.3 Å². The Labute approximate surface area is 130 Å². The number of alkyl halides is 3. The first kappa shape index (κ1) is 15.3. The Morgan fingerprint density at radius 2 is 1.96 bits per heavy atom. The minimum absolute atomic E-state index is 0.0726. The summed E-state index contributed by atoms with van der Waals surface area (Å²) in [6, 6.07) is 8.69. The molecule has 120 valence electrons. The predicted octanol–water partition coefficient (Wildman–Crippen LogP) is 3.35. The Balaban J connectivity index is 1.61. The zero-order chi connectivity index (χ0) is 16.4. The lowest BCUT2D eigenvalue weighted by Crippen LogP contribution is -2.32. The normalized spacial score (nSPS) is 20.0. The number of nitrogens with zero attached hydrogens (tertiary/aromatic N) is 1. The van der Waals surface area contributed by atoms with Crippen molar-refractivity contribution in [3.05, 3.63) is 59.9 Å². The van der Waals surface area contributed by atoms with Crippen molar-refractivity contribution in [1.82, 2.24) is 10.4 Å².